The third-order valence-electron chi connectivity index (χ3n) is 5.99. The van der Waals surface area contributed by atoms with E-state index in [9.17, 15) is 14.4 Å². The van der Waals surface area contributed by atoms with Gasteiger partial charge in [0, 0.05) is 0 Å². The molecule has 0 radical (unpaired) electrons. The molecule has 0 heterocycles. The van der Waals surface area contributed by atoms with E-state index >= 15 is 0 Å². The van der Waals surface area contributed by atoms with Gasteiger partial charge in [-0.1, -0.05) is 0 Å². The van der Waals surface area contributed by atoms with Crippen LogP contribution in [-0.4, -0.2) is 17.9 Å². The summed E-state index contributed by atoms with van der Waals surface area (Å²) in [7, 11) is 0. The summed E-state index contributed by atoms with van der Waals surface area (Å²) in [6.07, 6.45) is 21.9. The molecule has 0 aromatic rings. The summed E-state index contributed by atoms with van der Waals surface area (Å²) in [5.41, 5.74) is 4.92. The van der Waals surface area contributed by atoms with E-state index in [2.05, 4.69) is 6.92 Å². The maximum absolute atomic E-state index is 12.1. The fraction of sp³-hybridized carbons (Fsp3) is 0.435. The van der Waals surface area contributed by atoms with Gasteiger partial charge in [0.1, 0.15) is 0 Å². The monoisotopic (exact) mass is 442 g/mol. The van der Waals surface area contributed by atoms with Gasteiger partial charge in [-0.3, -0.25) is 0 Å². The van der Waals surface area contributed by atoms with Crippen LogP contribution in [0.25, 0.3) is 0 Å². The van der Waals surface area contributed by atoms with Crippen molar-refractivity contribution in [3.8, 4) is 37.0 Å². The quantitative estimate of drug-likeness (QED) is 0.492. The average Bonchev–Trinajstić information content (AvgIpc) is 3.05. The summed E-state index contributed by atoms with van der Waals surface area (Å²) in [6.45, 7) is 2.09. The summed E-state index contributed by atoms with van der Waals surface area (Å²) < 4.78 is 15.8. The van der Waals surface area contributed by atoms with Gasteiger partial charge in [0.15, 0.2) is 0 Å². The summed E-state index contributed by atoms with van der Waals surface area (Å²) in [6, 6.07) is 0. The topological polar surface area (TPSA) is 78.9 Å². The van der Waals surface area contributed by atoms with Crippen molar-refractivity contribution in [2.45, 2.75) is 56.1 Å². The molecule has 2 unspecified atom stereocenters. The van der Waals surface area contributed by atoms with Crippen LogP contribution in [0.3, 0.4) is 0 Å². The molecule has 0 aliphatic heterocycles. The van der Waals surface area contributed by atoms with Gasteiger partial charge in [0.05, 0.1) is 0 Å². The number of carbonyl (C=O) groups excluding carboxylic acids is 3. The Morgan fingerprint density at radius 1 is 0.833 bits per heavy atom. The van der Waals surface area contributed by atoms with E-state index in [4.69, 9.17) is 29.2 Å². The molecule has 3 aliphatic carbocycles. The van der Waals surface area contributed by atoms with Gasteiger partial charge in [0.2, 0.25) is 0 Å². The Balaban J connectivity index is 2.13. The standard InChI is InChI=1S/C14H19.3C3H2O2.Ti/c1-10-11-6-2-4-8-13(11)14-9-5-3-7-12(10)14;3*1-2-3(4)5;/h6,10H,2-5,7-9H2,1H3;3*1H,(H,4,5);/q;;;;+3/p-3. The Morgan fingerprint density at radius 2 is 1.33 bits per heavy atom. The Labute approximate surface area is 181 Å². The van der Waals surface area contributed by atoms with E-state index in [1.165, 1.54) is 16.7 Å². The van der Waals surface area contributed by atoms with Crippen molar-refractivity contribution in [1.82, 2.24) is 0 Å². The Kier molecular flexibility index (Phi) is 6.57. The number of allylic oxidation sites excluding steroid dienone is 4. The number of terminal acetylenes is 3. The fourth-order valence-corrected chi connectivity index (χ4v) is 9.42. The zero-order valence-electron chi connectivity index (χ0n) is 16.8. The first-order valence-electron chi connectivity index (χ1n) is 9.90. The first kappa shape index (κ1) is 22.0. The molecule has 0 aromatic carbocycles. The van der Waals surface area contributed by atoms with Crippen LogP contribution in [0, 0.1) is 42.9 Å². The second kappa shape index (κ2) is 8.97. The number of fused-ring (bicyclic) bond motifs is 1. The molecular weight excluding hydrogens is 420 g/mol. The fourth-order valence-electron chi connectivity index (χ4n) is 4.94. The van der Waals surface area contributed by atoms with Crippen LogP contribution >= 0.6 is 0 Å². The van der Waals surface area contributed by atoms with E-state index in [1.54, 1.807) is 0 Å². The molecule has 7 heteroatoms. The molecule has 0 spiro atoms. The molecule has 6 nitrogen and oxygen atoms in total. The first-order valence-corrected chi connectivity index (χ1v) is 12.7. The van der Waals surface area contributed by atoms with Crippen molar-refractivity contribution in [2.24, 2.45) is 5.92 Å². The van der Waals surface area contributed by atoms with Gasteiger partial charge in [-0.2, -0.15) is 0 Å². The Bertz CT molecular complexity index is 911. The summed E-state index contributed by atoms with van der Waals surface area (Å²) in [5, 5.41) is 0. The summed E-state index contributed by atoms with van der Waals surface area (Å²) >= 11 is -5.08. The zero-order chi connectivity index (χ0) is 21.9. The number of rotatable bonds is 4. The molecule has 0 fully saturated rings. The SMILES string of the molecule is C#CC(=O)[O][Ti]([O]C(=O)C#C)([O]C(=O)C#C)[CH]1CCCC2=C1C(C)C1=C2CCCC1. The predicted octanol–water partition coefficient (Wildman–Crippen LogP) is 3.20. The van der Waals surface area contributed by atoms with Crippen molar-refractivity contribution < 1.29 is 42.1 Å². The van der Waals surface area contributed by atoms with Crippen LogP contribution in [0.2, 0.25) is 4.22 Å². The predicted molar refractivity (Wildman–Crippen MR) is 104 cm³/mol. The van der Waals surface area contributed by atoms with E-state index in [0.29, 0.717) is 6.42 Å². The Hall–Kier alpha value is -2.72. The summed E-state index contributed by atoms with van der Waals surface area (Å²) in [4.78, 5) is 36.3. The molecule has 0 aromatic heterocycles. The number of hydrogen-bond acceptors (Lipinski definition) is 6. The van der Waals surface area contributed by atoms with Crippen molar-refractivity contribution >= 4 is 17.9 Å². The van der Waals surface area contributed by atoms with Crippen LogP contribution < -0.4 is 0 Å². The number of carbonyl (C=O) groups is 3. The van der Waals surface area contributed by atoms with Gasteiger partial charge in [0.25, 0.3) is 0 Å². The molecule has 0 bridgehead atoms. The van der Waals surface area contributed by atoms with Crippen molar-refractivity contribution in [3.05, 3.63) is 22.3 Å². The third kappa shape index (κ3) is 3.97. The molecule has 0 amide bonds. The Morgan fingerprint density at radius 3 is 1.87 bits per heavy atom. The van der Waals surface area contributed by atoms with E-state index in [-0.39, 0.29) is 5.92 Å². The van der Waals surface area contributed by atoms with Crippen LogP contribution in [0.15, 0.2) is 22.3 Å². The second-order valence-corrected chi connectivity index (χ2v) is 11.4. The van der Waals surface area contributed by atoms with Crippen LogP contribution in [0.1, 0.15) is 51.9 Å². The summed E-state index contributed by atoms with van der Waals surface area (Å²) in [5.74, 6) is 2.33. The molecule has 154 valence electrons. The van der Waals surface area contributed by atoms with Crippen molar-refractivity contribution in [2.75, 3.05) is 0 Å². The van der Waals surface area contributed by atoms with Gasteiger partial charge in [-0.15, -0.1) is 0 Å². The van der Waals surface area contributed by atoms with Gasteiger partial charge < -0.3 is 0 Å². The molecule has 0 saturated carbocycles. The molecule has 2 atom stereocenters. The molecule has 3 rings (SSSR count). The molecule has 0 saturated heterocycles. The van der Waals surface area contributed by atoms with Crippen LogP contribution in [-0.2, 0) is 42.1 Å². The maximum atomic E-state index is 12.1. The van der Waals surface area contributed by atoms with Gasteiger partial charge >= 0.3 is 181 Å². The van der Waals surface area contributed by atoms with E-state index in [0.717, 1.165) is 44.1 Å². The van der Waals surface area contributed by atoms with Gasteiger partial charge in [-0.25, -0.2) is 0 Å². The molecular formula is C23H22O6Ti. The minimum atomic E-state index is -5.08. The second-order valence-electron chi connectivity index (χ2n) is 7.52. The van der Waals surface area contributed by atoms with Crippen LogP contribution in [0.5, 0.6) is 0 Å². The van der Waals surface area contributed by atoms with Crippen LogP contribution in [0.4, 0.5) is 0 Å². The first-order chi connectivity index (χ1) is 14.4. The zero-order valence-corrected chi connectivity index (χ0v) is 18.3. The third-order valence-corrected chi connectivity index (χ3v) is 10.5. The minimum absolute atomic E-state index is 0.0733. The number of hydrogen-bond donors (Lipinski definition) is 0. The normalized spacial score (nSPS) is 22.6. The molecule has 3 aliphatic rings. The molecule has 0 N–H and O–H groups in total. The van der Waals surface area contributed by atoms with Gasteiger partial charge in [-0.05, 0) is 0 Å². The van der Waals surface area contributed by atoms with Crippen molar-refractivity contribution in [3.63, 3.8) is 0 Å². The van der Waals surface area contributed by atoms with Crippen molar-refractivity contribution in [1.29, 1.82) is 0 Å². The van der Waals surface area contributed by atoms with E-state index < -0.39 is 39.9 Å². The average molecular weight is 442 g/mol. The van der Waals surface area contributed by atoms with E-state index in [1.807, 2.05) is 17.8 Å². The molecule has 30 heavy (non-hydrogen) atoms.